The van der Waals surface area contributed by atoms with Gasteiger partial charge in [0.15, 0.2) is 0 Å². The Hall–Kier alpha value is 0.870. The van der Waals surface area contributed by atoms with E-state index in [9.17, 15) is 8.42 Å². The molecule has 6 heteroatoms. The second-order valence-electron chi connectivity index (χ2n) is 3.58. The second kappa shape index (κ2) is 7.19. The fraction of sp³-hybridized carbons (Fsp3) is 1.00. The van der Waals surface area contributed by atoms with Gasteiger partial charge in [0.25, 0.3) is 10.1 Å². The Morgan fingerprint density at radius 1 is 1.29 bits per heavy atom. The molecule has 80 valence electrons. The molecule has 1 aliphatic rings. The summed E-state index contributed by atoms with van der Waals surface area (Å²) in [7, 11) is -3.79. The number of hydrogen-bond acceptors (Lipinski definition) is 3. The topological polar surface area (TPSA) is 66.4 Å². The van der Waals surface area contributed by atoms with Crippen LogP contribution in [0.5, 0.6) is 0 Å². The third kappa shape index (κ3) is 7.20. The minimum Gasteiger partial charge on any atom is -1.00 e. The van der Waals surface area contributed by atoms with E-state index in [0.29, 0.717) is 12.6 Å². The van der Waals surface area contributed by atoms with Gasteiger partial charge in [-0.1, -0.05) is 19.3 Å². The van der Waals surface area contributed by atoms with Crippen molar-refractivity contribution in [1.82, 2.24) is 5.32 Å². The molecule has 0 saturated heterocycles. The zero-order valence-corrected chi connectivity index (χ0v) is 11.5. The summed E-state index contributed by atoms with van der Waals surface area (Å²) in [5.74, 6) is -0.177. The van der Waals surface area contributed by atoms with Crippen molar-refractivity contribution in [3.63, 3.8) is 0 Å². The predicted molar refractivity (Wildman–Crippen MR) is 52.4 cm³/mol. The fourth-order valence-electron chi connectivity index (χ4n) is 1.70. The van der Waals surface area contributed by atoms with Crippen LogP contribution in [0.3, 0.4) is 0 Å². The molecule has 1 fully saturated rings. The Morgan fingerprint density at radius 2 is 1.86 bits per heavy atom. The first-order valence-corrected chi connectivity index (χ1v) is 6.37. The fourth-order valence-corrected chi connectivity index (χ4v) is 2.07. The molecule has 1 saturated carbocycles. The Labute approximate surface area is 109 Å². The maximum atomic E-state index is 10.4. The zero-order valence-electron chi connectivity index (χ0n) is 9.70. The van der Waals surface area contributed by atoms with E-state index < -0.39 is 10.1 Å². The van der Waals surface area contributed by atoms with Gasteiger partial charge < -0.3 is 6.74 Å². The van der Waals surface area contributed by atoms with Crippen molar-refractivity contribution in [1.29, 1.82) is 0 Å². The molecule has 0 spiro atoms. The first-order chi connectivity index (χ1) is 6.08. The molecule has 14 heavy (non-hydrogen) atoms. The van der Waals surface area contributed by atoms with Gasteiger partial charge in [0.2, 0.25) is 0 Å². The monoisotopic (exact) mass is 231 g/mol. The molecule has 2 N–H and O–H groups in total. The van der Waals surface area contributed by atoms with Crippen molar-refractivity contribution >= 4 is 10.1 Å². The van der Waals surface area contributed by atoms with Gasteiger partial charge in [-0.3, -0.25) is 4.55 Å². The smallest absolute Gasteiger partial charge is 1.00 e. The summed E-state index contributed by atoms with van der Waals surface area (Å²) in [6, 6.07) is 0.454. The van der Waals surface area contributed by atoms with Gasteiger partial charge in [-0.15, -0.1) is 0 Å². The molecular formula is C8H18NNaO3S. The van der Waals surface area contributed by atoms with Crippen molar-refractivity contribution < 1.29 is 44.0 Å². The second-order valence-corrected chi connectivity index (χ2v) is 5.15. The van der Waals surface area contributed by atoms with Crippen LogP contribution in [0.4, 0.5) is 0 Å². The minimum atomic E-state index is -3.79. The Kier molecular flexibility index (Phi) is 7.64. The summed E-state index contributed by atoms with van der Waals surface area (Å²) >= 11 is 0. The van der Waals surface area contributed by atoms with Crippen molar-refractivity contribution in [2.75, 3.05) is 12.3 Å². The standard InChI is InChI=1S/C8H17NO3S.Na.H/c10-13(11,12)7-6-9-8-4-2-1-3-5-8;;/h8-9H,1-7H2,(H,10,11,12);;/q;+1;-1. The summed E-state index contributed by atoms with van der Waals surface area (Å²) in [5.41, 5.74) is 0. The first-order valence-electron chi connectivity index (χ1n) is 4.76. The van der Waals surface area contributed by atoms with Crippen molar-refractivity contribution in [2.24, 2.45) is 0 Å². The molecule has 4 nitrogen and oxygen atoms in total. The molecule has 0 aliphatic heterocycles. The maximum absolute atomic E-state index is 10.4. The van der Waals surface area contributed by atoms with E-state index in [0.717, 1.165) is 12.8 Å². The molecule has 0 heterocycles. The SMILES string of the molecule is O=S(=O)(O)CCNC1CCCCC1.[H-].[Na+]. The molecule has 0 amide bonds. The minimum absolute atomic E-state index is 0. The third-order valence-electron chi connectivity index (χ3n) is 2.40. The average Bonchev–Trinajstić information content (AvgIpc) is 2.04. The van der Waals surface area contributed by atoms with Gasteiger partial charge in [0.05, 0.1) is 5.75 Å². The molecule has 0 aromatic rings. The average molecular weight is 231 g/mol. The third-order valence-corrected chi connectivity index (χ3v) is 3.12. The molecule has 1 rings (SSSR count). The van der Waals surface area contributed by atoms with Gasteiger partial charge in [0, 0.05) is 12.6 Å². The van der Waals surface area contributed by atoms with Crippen molar-refractivity contribution in [3.05, 3.63) is 0 Å². The van der Waals surface area contributed by atoms with E-state index in [1.165, 1.54) is 19.3 Å². The molecule has 0 bridgehead atoms. The molecular weight excluding hydrogens is 213 g/mol. The van der Waals surface area contributed by atoms with Gasteiger partial charge in [-0.2, -0.15) is 8.42 Å². The Balaban J connectivity index is 0. The van der Waals surface area contributed by atoms with Crippen molar-refractivity contribution in [3.8, 4) is 0 Å². The van der Waals surface area contributed by atoms with E-state index >= 15 is 0 Å². The summed E-state index contributed by atoms with van der Waals surface area (Å²) in [6.45, 7) is 0.365. The number of nitrogens with one attached hydrogen (secondary N) is 1. The van der Waals surface area contributed by atoms with Crippen LogP contribution in [0.1, 0.15) is 33.5 Å². The van der Waals surface area contributed by atoms with Crippen LogP contribution in [0.15, 0.2) is 0 Å². The van der Waals surface area contributed by atoms with Crippen LogP contribution in [0, 0.1) is 0 Å². The maximum Gasteiger partial charge on any atom is 1.00 e. The Bertz CT molecular complexity index is 242. The van der Waals surface area contributed by atoms with Crippen molar-refractivity contribution in [2.45, 2.75) is 38.1 Å². The molecule has 0 aromatic carbocycles. The summed E-state index contributed by atoms with van der Waals surface area (Å²) in [6.07, 6.45) is 6.00. The van der Waals surface area contributed by atoms with Gasteiger partial charge in [0.1, 0.15) is 0 Å². The molecule has 0 aromatic heterocycles. The summed E-state index contributed by atoms with van der Waals surface area (Å²) < 4.78 is 29.3. The van der Waals surface area contributed by atoms with Crippen LogP contribution < -0.4 is 34.9 Å². The van der Waals surface area contributed by atoms with E-state index in [-0.39, 0.29) is 36.7 Å². The predicted octanol–water partition coefficient (Wildman–Crippen LogP) is -2.09. The molecule has 0 radical (unpaired) electrons. The van der Waals surface area contributed by atoms with Crippen LogP contribution in [-0.2, 0) is 10.1 Å². The Morgan fingerprint density at radius 3 is 2.36 bits per heavy atom. The van der Waals surface area contributed by atoms with Crippen LogP contribution in [0.25, 0.3) is 0 Å². The number of rotatable bonds is 4. The molecule has 0 unspecified atom stereocenters. The number of hydrogen-bond donors (Lipinski definition) is 2. The zero-order chi connectivity index (χ0) is 9.73. The van der Waals surface area contributed by atoms with E-state index in [1.54, 1.807) is 0 Å². The van der Waals surface area contributed by atoms with Gasteiger partial charge in [-0.05, 0) is 12.8 Å². The van der Waals surface area contributed by atoms with Crippen LogP contribution in [0.2, 0.25) is 0 Å². The molecule has 0 atom stereocenters. The van der Waals surface area contributed by atoms with E-state index in [1.807, 2.05) is 0 Å². The van der Waals surface area contributed by atoms with Gasteiger partial charge in [-0.25, -0.2) is 0 Å². The normalized spacial score (nSPS) is 18.9. The summed E-state index contributed by atoms with van der Waals surface area (Å²) in [5, 5.41) is 3.14. The van der Waals surface area contributed by atoms with Crippen LogP contribution in [-0.4, -0.2) is 31.3 Å². The quantitative estimate of drug-likeness (QED) is 0.430. The van der Waals surface area contributed by atoms with Crippen LogP contribution >= 0.6 is 0 Å². The largest absolute Gasteiger partial charge is 1.00 e. The van der Waals surface area contributed by atoms with E-state index in [4.69, 9.17) is 4.55 Å². The first kappa shape index (κ1) is 14.9. The summed E-state index contributed by atoms with van der Waals surface area (Å²) in [4.78, 5) is 0. The molecule has 1 aliphatic carbocycles. The van der Waals surface area contributed by atoms with E-state index in [2.05, 4.69) is 5.32 Å². The van der Waals surface area contributed by atoms with Gasteiger partial charge >= 0.3 is 29.6 Å².